The summed E-state index contributed by atoms with van der Waals surface area (Å²) in [6, 6.07) is 0. The van der Waals surface area contributed by atoms with Crippen LogP contribution in [0.4, 0.5) is 13.2 Å². The Morgan fingerprint density at radius 3 is 2.59 bits per heavy atom. The first-order valence-corrected chi connectivity index (χ1v) is 5.89. The quantitative estimate of drug-likeness (QED) is 0.799. The largest absolute Gasteiger partial charge is 0.404 e. The summed E-state index contributed by atoms with van der Waals surface area (Å²) in [5.41, 5.74) is -2.24. The molecule has 3 nitrogen and oxygen atoms in total. The lowest BCUT2D eigenvalue weighted by molar-refractivity contribution is -0.216. The van der Waals surface area contributed by atoms with Crippen LogP contribution in [0.1, 0.15) is 26.7 Å². The normalized spacial score (nSPS) is 26.9. The number of nitrogens with one attached hydrogen (secondary N) is 2. The standard InChI is InChI=1S/C11H19F3N2O/c1-3-8(2)6-16-9(17)10(11(12,13)14)4-5-15-7-10/h8,15H,3-7H2,1-2H3,(H,16,17). The third kappa shape index (κ3) is 2.91. The summed E-state index contributed by atoms with van der Waals surface area (Å²) >= 11 is 0. The van der Waals surface area contributed by atoms with Crippen molar-refractivity contribution in [2.45, 2.75) is 32.9 Å². The minimum atomic E-state index is -4.49. The van der Waals surface area contributed by atoms with Gasteiger partial charge >= 0.3 is 6.18 Å². The number of halogens is 3. The van der Waals surface area contributed by atoms with Crippen molar-refractivity contribution in [1.29, 1.82) is 0 Å². The van der Waals surface area contributed by atoms with E-state index in [-0.39, 0.29) is 25.4 Å². The highest BCUT2D eigenvalue weighted by Gasteiger charge is 2.61. The summed E-state index contributed by atoms with van der Waals surface area (Å²) < 4.78 is 38.9. The van der Waals surface area contributed by atoms with Crippen molar-refractivity contribution >= 4 is 5.91 Å². The molecule has 0 aliphatic carbocycles. The van der Waals surface area contributed by atoms with Gasteiger partial charge in [-0.25, -0.2) is 0 Å². The second-order valence-corrected chi connectivity index (χ2v) is 4.73. The van der Waals surface area contributed by atoms with Crippen LogP contribution in [-0.4, -0.2) is 31.7 Å². The predicted octanol–water partition coefficient (Wildman–Crippen LogP) is 1.69. The van der Waals surface area contributed by atoms with Gasteiger partial charge in [0, 0.05) is 13.1 Å². The first kappa shape index (κ1) is 14.3. The van der Waals surface area contributed by atoms with E-state index in [1.807, 2.05) is 13.8 Å². The van der Waals surface area contributed by atoms with Crippen LogP contribution in [0, 0.1) is 11.3 Å². The van der Waals surface area contributed by atoms with Gasteiger partial charge in [0.2, 0.25) is 5.91 Å². The highest BCUT2D eigenvalue weighted by molar-refractivity contribution is 5.84. The van der Waals surface area contributed by atoms with Crippen LogP contribution in [0.25, 0.3) is 0 Å². The second-order valence-electron chi connectivity index (χ2n) is 4.73. The monoisotopic (exact) mass is 252 g/mol. The summed E-state index contributed by atoms with van der Waals surface area (Å²) in [5, 5.41) is 5.05. The van der Waals surface area contributed by atoms with Crippen LogP contribution in [0.3, 0.4) is 0 Å². The summed E-state index contributed by atoms with van der Waals surface area (Å²) in [6.07, 6.45) is -3.84. The maximum atomic E-state index is 13.0. The van der Waals surface area contributed by atoms with Gasteiger partial charge in [0.15, 0.2) is 5.41 Å². The van der Waals surface area contributed by atoms with E-state index >= 15 is 0 Å². The van der Waals surface area contributed by atoms with Crippen molar-refractivity contribution in [3.05, 3.63) is 0 Å². The van der Waals surface area contributed by atoms with Crippen LogP contribution in [0.5, 0.6) is 0 Å². The van der Waals surface area contributed by atoms with Gasteiger partial charge in [0.05, 0.1) is 0 Å². The molecule has 1 aliphatic rings. The highest BCUT2D eigenvalue weighted by Crippen LogP contribution is 2.43. The van der Waals surface area contributed by atoms with Gasteiger partial charge in [-0.05, 0) is 18.9 Å². The van der Waals surface area contributed by atoms with Crippen LogP contribution in [0.15, 0.2) is 0 Å². The van der Waals surface area contributed by atoms with Crippen molar-refractivity contribution in [3.8, 4) is 0 Å². The molecule has 1 saturated heterocycles. The van der Waals surface area contributed by atoms with E-state index in [1.54, 1.807) is 0 Å². The fourth-order valence-corrected chi connectivity index (χ4v) is 1.84. The van der Waals surface area contributed by atoms with Crippen LogP contribution in [-0.2, 0) is 4.79 Å². The Hall–Kier alpha value is -0.780. The SMILES string of the molecule is CCC(C)CNC(=O)C1(C(F)(F)F)CCNC1. The van der Waals surface area contributed by atoms with E-state index in [4.69, 9.17) is 0 Å². The van der Waals surface area contributed by atoms with Gasteiger partial charge < -0.3 is 10.6 Å². The molecule has 100 valence electrons. The molecule has 0 saturated carbocycles. The average Bonchev–Trinajstić information content (AvgIpc) is 2.74. The lowest BCUT2D eigenvalue weighted by Gasteiger charge is -2.29. The predicted molar refractivity (Wildman–Crippen MR) is 58.4 cm³/mol. The van der Waals surface area contributed by atoms with E-state index < -0.39 is 17.5 Å². The van der Waals surface area contributed by atoms with Gasteiger partial charge in [-0.1, -0.05) is 20.3 Å². The Bertz CT molecular complexity index is 272. The van der Waals surface area contributed by atoms with E-state index in [1.165, 1.54) is 0 Å². The number of alkyl halides is 3. The molecule has 1 amide bonds. The zero-order chi connectivity index (χ0) is 13.1. The molecule has 0 radical (unpaired) electrons. The first-order valence-electron chi connectivity index (χ1n) is 5.89. The molecule has 6 heteroatoms. The lowest BCUT2D eigenvalue weighted by Crippen LogP contribution is -2.52. The summed E-state index contributed by atoms with van der Waals surface area (Å²) in [4.78, 5) is 11.8. The van der Waals surface area contributed by atoms with Crippen molar-refractivity contribution in [3.63, 3.8) is 0 Å². The van der Waals surface area contributed by atoms with Crippen LogP contribution >= 0.6 is 0 Å². The smallest absolute Gasteiger partial charge is 0.355 e. The topological polar surface area (TPSA) is 41.1 Å². The van der Waals surface area contributed by atoms with E-state index in [0.29, 0.717) is 6.54 Å². The lowest BCUT2D eigenvalue weighted by atomic mass is 9.85. The average molecular weight is 252 g/mol. The molecule has 1 aliphatic heterocycles. The van der Waals surface area contributed by atoms with Crippen molar-refractivity contribution in [2.75, 3.05) is 19.6 Å². The van der Waals surface area contributed by atoms with Gasteiger partial charge in [-0.3, -0.25) is 4.79 Å². The van der Waals surface area contributed by atoms with Gasteiger partial charge in [0.25, 0.3) is 0 Å². The molecule has 0 aromatic rings. The second kappa shape index (κ2) is 5.25. The van der Waals surface area contributed by atoms with Crippen molar-refractivity contribution in [1.82, 2.24) is 10.6 Å². The molecule has 0 spiro atoms. The highest BCUT2D eigenvalue weighted by atomic mass is 19.4. The number of hydrogen-bond acceptors (Lipinski definition) is 2. The molecule has 2 atom stereocenters. The van der Waals surface area contributed by atoms with E-state index in [2.05, 4.69) is 10.6 Å². The third-order valence-corrected chi connectivity index (χ3v) is 3.44. The Labute approximate surface area is 99.1 Å². The molecule has 1 heterocycles. The molecule has 2 unspecified atom stereocenters. The number of carbonyl (C=O) groups is 1. The van der Waals surface area contributed by atoms with E-state index in [9.17, 15) is 18.0 Å². The summed E-state index contributed by atoms with van der Waals surface area (Å²) in [7, 11) is 0. The molecule has 17 heavy (non-hydrogen) atoms. The third-order valence-electron chi connectivity index (χ3n) is 3.44. The first-order chi connectivity index (χ1) is 7.83. The minimum absolute atomic E-state index is 0.178. The number of rotatable bonds is 4. The van der Waals surface area contributed by atoms with Gasteiger partial charge in [0.1, 0.15) is 0 Å². The maximum absolute atomic E-state index is 13.0. The van der Waals surface area contributed by atoms with Gasteiger partial charge in [-0.2, -0.15) is 13.2 Å². The van der Waals surface area contributed by atoms with Gasteiger partial charge in [-0.15, -0.1) is 0 Å². The Balaban J connectivity index is 2.69. The zero-order valence-corrected chi connectivity index (χ0v) is 10.2. The Kier molecular flexibility index (Phi) is 4.41. The molecular weight excluding hydrogens is 233 g/mol. The molecule has 0 aromatic carbocycles. The summed E-state index contributed by atoms with van der Waals surface area (Å²) in [5.74, 6) is -0.700. The number of hydrogen-bond donors (Lipinski definition) is 2. The van der Waals surface area contributed by atoms with Crippen molar-refractivity contribution < 1.29 is 18.0 Å². The molecule has 1 fully saturated rings. The molecule has 0 aromatic heterocycles. The zero-order valence-electron chi connectivity index (χ0n) is 10.2. The number of carbonyl (C=O) groups excluding carboxylic acids is 1. The van der Waals surface area contributed by atoms with Crippen molar-refractivity contribution in [2.24, 2.45) is 11.3 Å². The molecule has 1 rings (SSSR count). The van der Waals surface area contributed by atoms with E-state index in [0.717, 1.165) is 6.42 Å². The fourth-order valence-electron chi connectivity index (χ4n) is 1.84. The Morgan fingerprint density at radius 1 is 1.53 bits per heavy atom. The molecule has 2 N–H and O–H groups in total. The number of amides is 1. The molecular formula is C11H19F3N2O. The fraction of sp³-hybridized carbons (Fsp3) is 0.909. The summed E-state index contributed by atoms with van der Waals surface area (Å²) in [6.45, 7) is 4.05. The Morgan fingerprint density at radius 2 is 2.18 bits per heavy atom. The van der Waals surface area contributed by atoms with Crippen LogP contribution < -0.4 is 10.6 Å². The van der Waals surface area contributed by atoms with Crippen LogP contribution in [0.2, 0.25) is 0 Å². The molecule has 0 bridgehead atoms. The maximum Gasteiger partial charge on any atom is 0.404 e. The minimum Gasteiger partial charge on any atom is -0.355 e.